The third-order valence-electron chi connectivity index (χ3n) is 1.89. The summed E-state index contributed by atoms with van der Waals surface area (Å²) in [5.41, 5.74) is 1.06. The fourth-order valence-electron chi connectivity index (χ4n) is 1.20. The van der Waals surface area contributed by atoms with Crippen molar-refractivity contribution in [2.45, 2.75) is 13.0 Å². The summed E-state index contributed by atoms with van der Waals surface area (Å²) >= 11 is 0. The van der Waals surface area contributed by atoms with Crippen molar-refractivity contribution < 1.29 is 18.3 Å². The second-order valence-corrected chi connectivity index (χ2v) is 3.07. The largest absolute Gasteiger partial charge is 0.482 e. The second-order valence-electron chi connectivity index (χ2n) is 3.07. The summed E-state index contributed by atoms with van der Waals surface area (Å²) in [4.78, 5) is 10.8. The fourth-order valence-corrected chi connectivity index (χ4v) is 1.20. The summed E-state index contributed by atoms with van der Waals surface area (Å²) in [6.45, 7) is 1.75. The highest BCUT2D eigenvalue weighted by atomic mass is 19.3. The molecule has 0 spiro atoms. The van der Waals surface area contributed by atoms with Crippen molar-refractivity contribution >= 4 is 11.6 Å². The molecule has 1 aromatic rings. The first-order chi connectivity index (χ1) is 6.49. The van der Waals surface area contributed by atoms with Crippen LogP contribution in [0.4, 0.5) is 14.5 Å². The van der Waals surface area contributed by atoms with E-state index in [9.17, 15) is 13.6 Å². The molecular weight excluding hydrogens is 192 g/mol. The average molecular weight is 199 g/mol. The van der Waals surface area contributed by atoms with E-state index in [4.69, 9.17) is 0 Å². The Morgan fingerprint density at radius 2 is 2.14 bits per heavy atom. The molecule has 1 heterocycles. The average Bonchev–Trinajstić information content (AvgIpc) is 2.07. The van der Waals surface area contributed by atoms with Gasteiger partial charge in [0.1, 0.15) is 0 Å². The molecule has 0 fully saturated rings. The molecule has 14 heavy (non-hydrogen) atoms. The van der Waals surface area contributed by atoms with E-state index in [0.29, 0.717) is 0 Å². The number of carbonyl (C=O) groups excluding carboxylic acids is 1. The normalized spacial score (nSPS) is 18.1. The number of carbonyl (C=O) groups is 1. The summed E-state index contributed by atoms with van der Waals surface area (Å²) in [5.74, 6) is -1.44. The topological polar surface area (TPSA) is 38.3 Å². The number of anilines is 1. The Kier molecular flexibility index (Phi) is 1.70. The van der Waals surface area contributed by atoms with Crippen LogP contribution in [0.1, 0.15) is 5.56 Å². The molecule has 0 aromatic heterocycles. The van der Waals surface area contributed by atoms with Crippen LogP contribution < -0.4 is 10.1 Å². The molecule has 0 aliphatic carbocycles. The molecule has 0 radical (unpaired) electrons. The third-order valence-corrected chi connectivity index (χ3v) is 1.89. The summed E-state index contributed by atoms with van der Waals surface area (Å²) in [7, 11) is 0. The van der Waals surface area contributed by atoms with Gasteiger partial charge in [-0.3, -0.25) is 4.79 Å². The molecule has 2 rings (SSSR count). The lowest BCUT2D eigenvalue weighted by molar-refractivity contribution is -0.189. The van der Waals surface area contributed by atoms with Gasteiger partial charge in [0.25, 0.3) is 0 Å². The third kappa shape index (κ3) is 1.30. The molecule has 1 aromatic carbocycles. The molecule has 0 atom stereocenters. The monoisotopic (exact) mass is 199 g/mol. The second kappa shape index (κ2) is 2.67. The van der Waals surface area contributed by atoms with Crippen LogP contribution in [0.2, 0.25) is 0 Å². The van der Waals surface area contributed by atoms with Crippen molar-refractivity contribution in [3.05, 3.63) is 23.8 Å². The molecule has 0 unspecified atom stereocenters. The lowest BCUT2D eigenvalue weighted by Crippen LogP contribution is -2.43. The van der Waals surface area contributed by atoms with E-state index in [0.717, 1.165) is 5.56 Å². The maximum absolute atomic E-state index is 12.8. The number of nitrogens with one attached hydrogen (secondary N) is 1. The van der Waals surface area contributed by atoms with Crippen LogP contribution in [0.5, 0.6) is 5.75 Å². The molecule has 0 bridgehead atoms. The number of hydrogen-bond donors (Lipinski definition) is 1. The van der Waals surface area contributed by atoms with E-state index >= 15 is 0 Å². The van der Waals surface area contributed by atoms with Crippen LogP contribution in [-0.4, -0.2) is 12.0 Å². The number of rotatable bonds is 0. The molecule has 5 heteroatoms. The number of halogens is 2. The highest BCUT2D eigenvalue weighted by Crippen LogP contribution is 2.35. The lowest BCUT2D eigenvalue weighted by atomic mass is 10.2. The number of alkyl halides is 2. The first-order valence-electron chi connectivity index (χ1n) is 3.98. The quantitative estimate of drug-likeness (QED) is 0.693. The molecule has 1 N–H and O–H groups in total. The zero-order chi connectivity index (χ0) is 10.3. The Balaban J connectivity index is 2.46. The number of benzene rings is 1. The van der Waals surface area contributed by atoms with Crippen molar-refractivity contribution in [2.75, 3.05) is 5.32 Å². The van der Waals surface area contributed by atoms with Gasteiger partial charge < -0.3 is 10.1 Å². The summed E-state index contributed by atoms with van der Waals surface area (Å²) in [6, 6.07) is 4.67. The van der Waals surface area contributed by atoms with Gasteiger partial charge in [0.15, 0.2) is 5.75 Å². The first-order valence-corrected chi connectivity index (χ1v) is 3.98. The van der Waals surface area contributed by atoms with Crippen molar-refractivity contribution in [1.29, 1.82) is 0 Å². The smallest absolute Gasteiger partial charge is 0.423 e. The van der Waals surface area contributed by atoms with Crippen LogP contribution in [0.25, 0.3) is 0 Å². The Hall–Kier alpha value is -1.65. The van der Waals surface area contributed by atoms with E-state index in [1.165, 1.54) is 12.1 Å². The van der Waals surface area contributed by atoms with E-state index in [1.807, 2.05) is 0 Å². The van der Waals surface area contributed by atoms with Crippen LogP contribution >= 0.6 is 0 Å². The molecule has 0 saturated carbocycles. The van der Waals surface area contributed by atoms with Gasteiger partial charge in [-0.15, -0.1) is 0 Å². The highest BCUT2D eigenvalue weighted by Gasteiger charge is 2.46. The molecule has 0 saturated heterocycles. The Bertz CT molecular complexity index is 404. The predicted molar refractivity (Wildman–Crippen MR) is 45.4 cm³/mol. The molecule has 1 aliphatic rings. The molecule has 1 aliphatic heterocycles. The van der Waals surface area contributed by atoms with Gasteiger partial charge in [0, 0.05) is 0 Å². The number of fused-ring (bicyclic) bond motifs is 1. The SMILES string of the molecule is Cc1ccc2c(c1)OC(F)(F)C(=O)N2. The van der Waals surface area contributed by atoms with Crippen LogP contribution in [0.3, 0.4) is 0 Å². The number of aryl methyl sites for hydroxylation is 1. The predicted octanol–water partition coefficient (Wildman–Crippen LogP) is 1.92. The van der Waals surface area contributed by atoms with Crippen molar-refractivity contribution in [2.24, 2.45) is 0 Å². The molecule has 3 nitrogen and oxygen atoms in total. The van der Waals surface area contributed by atoms with Gasteiger partial charge in [0.05, 0.1) is 5.69 Å². The molecular formula is C9H7F2NO2. The van der Waals surface area contributed by atoms with Gasteiger partial charge in [0.2, 0.25) is 0 Å². The first kappa shape index (κ1) is 8.93. The maximum atomic E-state index is 12.8. The summed E-state index contributed by atoms with van der Waals surface area (Å²) in [5, 5.41) is 2.06. The van der Waals surface area contributed by atoms with Crippen LogP contribution in [0.15, 0.2) is 18.2 Å². The minimum absolute atomic E-state index is 0.00500. The van der Waals surface area contributed by atoms with Crippen LogP contribution in [0, 0.1) is 6.92 Å². The number of hydrogen-bond acceptors (Lipinski definition) is 2. The summed E-state index contributed by atoms with van der Waals surface area (Å²) < 4.78 is 29.8. The summed E-state index contributed by atoms with van der Waals surface area (Å²) in [6.07, 6.45) is -3.78. The van der Waals surface area contributed by atoms with Crippen molar-refractivity contribution in [3.63, 3.8) is 0 Å². The Morgan fingerprint density at radius 3 is 2.86 bits per heavy atom. The standard InChI is InChI=1S/C9H7F2NO2/c1-5-2-3-6-7(4-5)14-9(10,11)8(13)12-6/h2-4H,1H3,(H,12,13). The number of amides is 1. The van der Waals surface area contributed by atoms with Gasteiger partial charge in [-0.05, 0) is 24.6 Å². The van der Waals surface area contributed by atoms with Crippen LogP contribution in [-0.2, 0) is 4.79 Å². The van der Waals surface area contributed by atoms with Gasteiger partial charge in [-0.2, -0.15) is 8.78 Å². The minimum atomic E-state index is -3.78. The maximum Gasteiger partial charge on any atom is 0.482 e. The zero-order valence-corrected chi connectivity index (χ0v) is 7.30. The molecule has 74 valence electrons. The number of ether oxygens (including phenoxy) is 1. The fraction of sp³-hybridized carbons (Fsp3) is 0.222. The highest BCUT2D eigenvalue weighted by molar-refractivity contribution is 5.98. The van der Waals surface area contributed by atoms with Crippen molar-refractivity contribution in [1.82, 2.24) is 0 Å². The van der Waals surface area contributed by atoms with Gasteiger partial charge in [-0.25, -0.2) is 0 Å². The van der Waals surface area contributed by atoms with Crippen molar-refractivity contribution in [3.8, 4) is 5.75 Å². The van der Waals surface area contributed by atoms with E-state index in [2.05, 4.69) is 10.1 Å². The van der Waals surface area contributed by atoms with E-state index < -0.39 is 12.0 Å². The lowest BCUT2D eigenvalue weighted by Gasteiger charge is -2.24. The molecule has 1 amide bonds. The minimum Gasteiger partial charge on any atom is -0.423 e. The van der Waals surface area contributed by atoms with E-state index in [1.54, 1.807) is 13.0 Å². The zero-order valence-electron chi connectivity index (χ0n) is 7.30. The van der Waals surface area contributed by atoms with Gasteiger partial charge in [-0.1, -0.05) is 6.07 Å². The Morgan fingerprint density at radius 1 is 1.43 bits per heavy atom. The Labute approximate surface area is 78.7 Å². The van der Waals surface area contributed by atoms with E-state index in [-0.39, 0.29) is 11.4 Å². The van der Waals surface area contributed by atoms with Gasteiger partial charge >= 0.3 is 12.0 Å².